The summed E-state index contributed by atoms with van der Waals surface area (Å²) >= 11 is 0. The smallest absolute Gasteiger partial charge is 0.259 e. The molecule has 2 aromatic carbocycles. The predicted molar refractivity (Wildman–Crippen MR) is 91.4 cm³/mol. The molecule has 5 nitrogen and oxygen atoms in total. The molecular weight excluding hydrogens is 323 g/mol. The van der Waals surface area contributed by atoms with Crippen molar-refractivity contribution in [2.75, 3.05) is 19.7 Å². The van der Waals surface area contributed by atoms with Gasteiger partial charge < -0.3 is 10.1 Å². The maximum Gasteiger partial charge on any atom is 0.259 e. The summed E-state index contributed by atoms with van der Waals surface area (Å²) in [6, 6.07) is 13.2. The van der Waals surface area contributed by atoms with Gasteiger partial charge in [-0.2, -0.15) is 0 Å². The van der Waals surface area contributed by atoms with Crippen LogP contribution < -0.4 is 10.1 Å². The Morgan fingerprint density at radius 1 is 1.12 bits per heavy atom. The molecule has 1 aliphatic heterocycles. The van der Waals surface area contributed by atoms with Gasteiger partial charge in [0.25, 0.3) is 5.91 Å². The third-order valence-electron chi connectivity index (χ3n) is 3.86. The van der Waals surface area contributed by atoms with Gasteiger partial charge in [0.1, 0.15) is 13.2 Å². The van der Waals surface area contributed by atoms with Gasteiger partial charge in [-0.3, -0.25) is 14.5 Å². The lowest BCUT2D eigenvalue weighted by atomic mass is 10.1. The highest BCUT2D eigenvalue weighted by Gasteiger charge is 2.31. The van der Waals surface area contributed by atoms with Gasteiger partial charge in [-0.25, -0.2) is 4.39 Å². The van der Waals surface area contributed by atoms with E-state index in [4.69, 9.17) is 4.74 Å². The molecule has 1 aliphatic rings. The Balaban J connectivity index is 1.48. The number of amides is 2. The predicted octanol–water partition coefficient (Wildman–Crippen LogP) is 2.45. The molecule has 1 N–H and O–H groups in total. The first-order valence-electron chi connectivity index (χ1n) is 7.82. The minimum atomic E-state index is -0.453. The van der Waals surface area contributed by atoms with Crippen molar-refractivity contribution in [1.82, 2.24) is 10.2 Å². The van der Waals surface area contributed by atoms with Gasteiger partial charge in [0.05, 0.1) is 6.54 Å². The summed E-state index contributed by atoms with van der Waals surface area (Å²) in [4.78, 5) is 25.7. The summed E-state index contributed by atoms with van der Waals surface area (Å²) in [5.41, 5.74) is 1.80. The van der Waals surface area contributed by atoms with Crippen LogP contribution in [0.15, 0.2) is 55.1 Å². The van der Waals surface area contributed by atoms with Gasteiger partial charge in [-0.05, 0) is 18.2 Å². The lowest BCUT2D eigenvalue weighted by Crippen LogP contribution is -2.38. The molecule has 0 unspecified atom stereocenters. The summed E-state index contributed by atoms with van der Waals surface area (Å²) < 4.78 is 18.7. The number of carbonyl (C=O) groups excluding carboxylic acids is 2. The molecule has 0 fully saturated rings. The number of nitrogens with zero attached hydrogens (tertiary/aromatic N) is 1. The summed E-state index contributed by atoms with van der Waals surface area (Å²) in [5, 5.41) is 2.65. The van der Waals surface area contributed by atoms with Gasteiger partial charge in [-0.15, -0.1) is 0 Å². The fraction of sp³-hybridized carbons (Fsp3) is 0.158. The quantitative estimate of drug-likeness (QED) is 0.822. The molecule has 128 valence electrons. The number of halogens is 1. The first-order chi connectivity index (χ1) is 12.1. The Morgan fingerprint density at radius 2 is 1.80 bits per heavy atom. The summed E-state index contributed by atoms with van der Waals surface area (Å²) in [6.07, 6.45) is 0. The normalized spacial score (nSPS) is 12.9. The number of para-hydroxylation sites is 1. The van der Waals surface area contributed by atoms with Crippen molar-refractivity contribution >= 4 is 17.5 Å². The number of fused-ring (bicyclic) bond motifs is 1. The maximum atomic E-state index is 13.4. The van der Waals surface area contributed by atoms with Crippen LogP contribution in [-0.4, -0.2) is 36.4 Å². The van der Waals surface area contributed by atoms with E-state index in [-0.39, 0.29) is 37.3 Å². The Morgan fingerprint density at radius 3 is 2.52 bits per heavy atom. The zero-order valence-electron chi connectivity index (χ0n) is 13.5. The molecule has 25 heavy (non-hydrogen) atoms. The van der Waals surface area contributed by atoms with Crippen molar-refractivity contribution in [3.8, 4) is 5.75 Å². The number of carbonyl (C=O) groups is 2. The monoisotopic (exact) mass is 340 g/mol. The van der Waals surface area contributed by atoms with Crippen LogP contribution in [0.2, 0.25) is 0 Å². The summed E-state index contributed by atoms with van der Waals surface area (Å²) in [6.45, 7) is 4.10. The van der Waals surface area contributed by atoms with Crippen LogP contribution in [-0.2, 0) is 4.79 Å². The second-order valence-electron chi connectivity index (χ2n) is 5.51. The summed E-state index contributed by atoms with van der Waals surface area (Å²) in [7, 11) is 0. The van der Waals surface area contributed by atoms with Crippen LogP contribution in [0.4, 0.5) is 4.39 Å². The third kappa shape index (κ3) is 3.52. The standard InChI is InChI=1S/C19H17FN2O3/c1-13-14-6-2-3-7-15(14)19(24)22(13)12-18(23)21-10-11-25-17-9-5-4-8-16(17)20/h2-9H,1,10-12H2,(H,21,23). The second-order valence-corrected chi connectivity index (χ2v) is 5.51. The molecule has 6 heteroatoms. The number of rotatable bonds is 6. The number of benzene rings is 2. The van der Waals surface area contributed by atoms with E-state index < -0.39 is 5.82 Å². The minimum absolute atomic E-state index is 0.119. The highest BCUT2D eigenvalue weighted by molar-refractivity contribution is 6.10. The van der Waals surface area contributed by atoms with Crippen LogP contribution in [0, 0.1) is 5.82 Å². The van der Waals surface area contributed by atoms with Crippen molar-refractivity contribution in [2.24, 2.45) is 0 Å². The maximum absolute atomic E-state index is 13.4. The zero-order valence-corrected chi connectivity index (χ0v) is 13.5. The molecule has 1 heterocycles. The van der Waals surface area contributed by atoms with E-state index in [0.29, 0.717) is 11.3 Å². The number of ether oxygens (including phenoxy) is 1. The summed E-state index contributed by atoms with van der Waals surface area (Å²) in [5.74, 6) is -0.890. The Kier molecular flexibility index (Phi) is 4.79. The van der Waals surface area contributed by atoms with Gasteiger partial charge in [0.15, 0.2) is 11.6 Å². The van der Waals surface area contributed by atoms with E-state index in [9.17, 15) is 14.0 Å². The number of nitrogens with one attached hydrogen (secondary N) is 1. The number of hydrogen-bond donors (Lipinski definition) is 1. The highest BCUT2D eigenvalue weighted by Crippen LogP contribution is 2.30. The lowest BCUT2D eigenvalue weighted by Gasteiger charge is -2.17. The molecular formula is C19H17FN2O3. The van der Waals surface area contributed by atoms with Crippen molar-refractivity contribution in [2.45, 2.75) is 0 Å². The van der Waals surface area contributed by atoms with Crippen LogP contribution in [0.25, 0.3) is 5.70 Å². The molecule has 0 atom stereocenters. The Bertz CT molecular complexity index is 800. The largest absolute Gasteiger partial charge is 0.489 e. The van der Waals surface area contributed by atoms with Crippen molar-refractivity contribution in [1.29, 1.82) is 0 Å². The zero-order chi connectivity index (χ0) is 17.8. The van der Waals surface area contributed by atoms with E-state index in [0.717, 1.165) is 5.56 Å². The van der Waals surface area contributed by atoms with Crippen molar-refractivity contribution < 1.29 is 18.7 Å². The molecule has 0 saturated heterocycles. The second kappa shape index (κ2) is 7.17. The van der Waals surface area contributed by atoms with E-state index in [1.165, 1.54) is 17.0 Å². The van der Waals surface area contributed by atoms with E-state index in [2.05, 4.69) is 11.9 Å². The fourth-order valence-corrected chi connectivity index (χ4v) is 2.61. The fourth-order valence-electron chi connectivity index (χ4n) is 2.61. The first-order valence-corrected chi connectivity index (χ1v) is 7.82. The van der Waals surface area contributed by atoms with Gasteiger partial charge in [0.2, 0.25) is 5.91 Å². The van der Waals surface area contributed by atoms with Crippen molar-refractivity contribution in [3.05, 3.63) is 72.1 Å². The molecule has 0 saturated carbocycles. The molecule has 0 aliphatic carbocycles. The van der Waals surface area contributed by atoms with Gasteiger partial charge in [0, 0.05) is 16.8 Å². The average Bonchev–Trinajstić information content (AvgIpc) is 2.85. The topological polar surface area (TPSA) is 58.6 Å². The molecule has 0 aromatic heterocycles. The van der Waals surface area contributed by atoms with E-state index >= 15 is 0 Å². The van der Waals surface area contributed by atoms with Crippen LogP contribution in [0.3, 0.4) is 0 Å². The Labute approximate surface area is 144 Å². The molecule has 0 radical (unpaired) electrons. The number of hydrogen-bond acceptors (Lipinski definition) is 3. The van der Waals surface area contributed by atoms with Crippen molar-refractivity contribution in [3.63, 3.8) is 0 Å². The van der Waals surface area contributed by atoms with Gasteiger partial charge in [-0.1, -0.05) is 36.9 Å². The Hall–Kier alpha value is -3.15. The lowest BCUT2D eigenvalue weighted by molar-refractivity contribution is -0.121. The molecule has 2 amide bonds. The van der Waals surface area contributed by atoms with Crippen LogP contribution in [0.5, 0.6) is 5.75 Å². The highest BCUT2D eigenvalue weighted by atomic mass is 19.1. The van der Waals surface area contributed by atoms with E-state index in [1.807, 2.05) is 6.07 Å². The molecule has 2 aromatic rings. The van der Waals surface area contributed by atoms with Crippen LogP contribution in [0.1, 0.15) is 15.9 Å². The molecule has 3 rings (SSSR count). The minimum Gasteiger partial charge on any atom is -0.489 e. The SMILES string of the molecule is C=C1c2ccccc2C(=O)N1CC(=O)NCCOc1ccccc1F. The van der Waals surface area contributed by atoms with E-state index in [1.54, 1.807) is 30.3 Å². The third-order valence-corrected chi connectivity index (χ3v) is 3.86. The average molecular weight is 340 g/mol. The van der Waals surface area contributed by atoms with Crippen LogP contribution >= 0.6 is 0 Å². The first kappa shape index (κ1) is 16.7. The van der Waals surface area contributed by atoms with Gasteiger partial charge >= 0.3 is 0 Å². The molecule has 0 spiro atoms. The molecule has 0 bridgehead atoms.